The van der Waals surface area contributed by atoms with Crippen molar-refractivity contribution in [2.24, 2.45) is 0 Å². The van der Waals surface area contributed by atoms with Gasteiger partial charge < -0.3 is 4.90 Å². The van der Waals surface area contributed by atoms with Crippen LogP contribution in [0.1, 0.15) is 65.7 Å². The van der Waals surface area contributed by atoms with Crippen molar-refractivity contribution in [3.8, 4) is 0 Å². The highest BCUT2D eigenvalue weighted by Gasteiger charge is 2.16. The fourth-order valence-corrected chi connectivity index (χ4v) is 4.56. The lowest BCUT2D eigenvalue weighted by atomic mass is 10.3. The van der Waals surface area contributed by atoms with Gasteiger partial charge in [-0.2, -0.15) is 23.5 Å². The second-order valence-electron chi connectivity index (χ2n) is 5.59. The fourth-order valence-electron chi connectivity index (χ4n) is 1.96. The van der Waals surface area contributed by atoms with Gasteiger partial charge in [-0.25, -0.2) is 0 Å². The Morgan fingerprint density at radius 3 is 2.19 bits per heavy atom. The van der Waals surface area contributed by atoms with Gasteiger partial charge >= 0.3 is 0 Å². The molecule has 1 amide bonds. The van der Waals surface area contributed by atoms with E-state index in [0.29, 0.717) is 17.6 Å². The zero-order valence-corrected chi connectivity index (χ0v) is 16.2. The number of unbranched alkanes of at least 4 members (excludes halogenated alkanes) is 4. The van der Waals surface area contributed by atoms with Gasteiger partial charge in [-0.05, 0) is 31.3 Å². The molecule has 0 aromatic heterocycles. The maximum atomic E-state index is 12.1. The summed E-state index contributed by atoms with van der Waals surface area (Å²) in [5, 5.41) is 0.495. The standard InChI is InChI=1S/C17H35NOS2/c1-5-8-10-12-20-15-16(21-13-11-9-6-2)14-17(19)18(4)7-3/h16H,5-15H2,1-4H3. The molecule has 0 spiro atoms. The van der Waals surface area contributed by atoms with Gasteiger partial charge in [0.2, 0.25) is 5.91 Å². The Balaban J connectivity index is 4.04. The largest absolute Gasteiger partial charge is 0.346 e. The third-order valence-electron chi connectivity index (χ3n) is 3.60. The topological polar surface area (TPSA) is 20.3 Å². The molecule has 0 fully saturated rings. The number of hydrogen-bond acceptors (Lipinski definition) is 3. The minimum Gasteiger partial charge on any atom is -0.346 e. The predicted octanol–water partition coefficient (Wildman–Crippen LogP) is 5.07. The van der Waals surface area contributed by atoms with Crippen molar-refractivity contribution < 1.29 is 4.79 Å². The van der Waals surface area contributed by atoms with E-state index in [4.69, 9.17) is 0 Å². The summed E-state index contributed by atoms with van der Waals surface area (Å²) in [7, 11) is 1.91. The average Bonchev–Trinajstić information content (AvgIpc) is 2.49. The van der Waals surface area contributed by atoms with Crippen LogP contribution in [0.25, 0.3) is 0 Å². The van der Waals surface area contributed by atoms with Gasteiger partial charge in [-0.3, -0.25) is 4.79 Å². The van der Waals surface area contributed by atoms with Crippen LogP contribution in [0, 0.1) is 0 Å². The van der Waals surface area contributed by atoms with Crippen molar-refractivity contribution in [3.05, 3.63) is 0 Å². The molecule has 1 unspecified atom stereocenters. The molecule has 0 saturated carbocycles. The molecule has 0 radical (unpaired) electrons. The Morgan fingerprint density at radius 2 is 1.62 bits per heavy atom. The first kappa shape index (κ1) is 21.2. The van der Waals surface area contributed by atoms with Crippen LogP contribution >= 0.6 is 23.5 Å². The van der Waals surface area contributed by atoms with Gasteiger partial charge in [-0.1, -0.05) is 39.5 Å². The van der Waals surface area contributed by atoms with Crippen molar-refractivity contribution in [1.82, 2.24) is 4.90 Å². The van der Waals surface area contributed by atoms with Crippen LogP contribution in [0.15, 0.2) is 0 Å². The van der Waals surface area contributed by atoms with E-state index in [1.807, 2.05) is 42.4 Å². The minimum atomic E-state index is 0.305. The van der Waals surface area contributed by atoms with E-state index in [1.165, 1.54) is 50.0 Å². The van der Waals surface area contributed by atoms with Crippen molar-refractivity contribution in [2.45, 2.75) is 71.0 Å². The molecule has 0 N–H and O–H groups in total. The summed E-state index contributed by atoms with van der Waals surface area (Å²) in [5.41, 5.74) is 0. The number of amides is 1. The smallest absolute Gasteiger partial charge is 0.223 e. The molecule has 0 rings (SSSR count). The van der Waals surface area contributed by atoms with E-state index in [1.54, 1.807) is 0 Å². The molecular weight excluding hydrogens is 298 g/mol. The molecule has 0 aromatic rings. The van der Waals surface area contributed by atoms with Gasteiger partial charge in [0.15, 0.2) is 0 Å². The normalized spacial score (nSPS) is 12.4. The summed E-state index contributed by atoms with van der Waals surface area (Å²) >= 11 is 4.05. The highest BCUT2D eigenvalue weighted by molar-refractivity contribution is 8.03. The molecule has 2 nitrogen and oxygen atoms in total. The molecule has 0 aliphatic heterocycles. The number of nitrogens with zero attached hydrogens (tertiary/aromatic N) is 1. The molecule has 0 aliphatic carbocycles. The number of hydrogen-bond donors (Lipinski definition) is 0. The Bertz CT molecular complexity index is 249. The minimum absolute atomic E-state index is 0.305. The van der Waals surface area contributed by atoms with Crippen molar-refractivity contribution in [1.29, 1.82) is 0 Å². The number of rotatable bonds is 14. The number of carbonyl (C=O) groups is 1. The summed E-state index contributed by atoms with van der Waals surface area (Å²) in [6.45, 7) is 7.35. The second-order valence-corrected chi connectivity index (χ2v) is 8.15. The Labute approximate surface area is 141 Å². The fraction of sp³-hybridized carbons (Fsp3) is 0.941. The first-order chi connectivity index (χ1) is 10.2. The highest BCUT2D eigenvalue weighted by Crippen LogP contribution is 2.23. The number of thioether (sulfide) groups is 2. The Morgan fingerprint density at radius 1 is 1.00 bits per heavy atom. The summed E-state index contributed by atoms with van der Waals surface area (Å²) in [4.78, 5) is 14.0. The van der Waals surface area contributed by atoms with Crippen LogP contribution in [0.2, 0.25) is 0 Å². The first-order valence-electron chi connectivity index (χ1n) is 8.58. The molecule has 0 aromatic carbocycles. The van der Waals surface area contributed by atoms with E-state index < -0.39 is 0 Å². The maximum absolute atomic E-state index is 12.1. The maximum Gasteiger partial charge on any atom is 0.223 e. The lowest BCUT2D eigenvalue weighted by molar-refractivity contribution is -0.129. The molecule has 0 bridgehead atoms. The first-order valence-corrected chi connectivity index (χ1v) is 10.8. The van der Waals surface area contributed by atoms with E-state index in [-0.39, 0.29) is 0 Å². The lowest BCUT2D eigenvalue weighted by Crippen LogP contribution is -2.29. The molecule has 0 heterocycles. The summed E-state index contributed by atoms with van der Waals surface area (Å²) in [6, 6.07) is 0. The van der Waals surface area contributed by atoms with Gasteiger partial charge in [-0.15, -0.1) is 0 Å². The highest BCUT2D eigenvalue weighted by atomic mass is 32.2. The van der Waals surface area contributed by atoms with Crippen molar-refractivity contribution in [3.63, 3.8) is 0 Å². The molecule has 4 heteroatoms. The van der Waals surface area contributed by atoms with Crippen LogP contribution in [0.4, 0.5) is 0 Å². The molecule has 1 atom stereocenters. The Kier molecular flexibility index (Phi) is 15.2. The SMILES string of the molecule is CCCCCSCC(CC(=O)N(C)CC)SCCCCC. The number of carbonyl (C=O) groups excluding carboxylic acids is 1. The van der Waals surface area contributed by atoms with Crippen LogP contribution < -0.4 is 0 Å². The quantitative estimate of drug-likeness (QED) is 0.414. The van der Waals surface area contributed by atoms with Crippen molar-refractivity contribution >= 4 is 29.4 Å². The van der Waals surface area contributed by atoms with Crippen LogP contribution in [0.5, 0.6) is 0 Å². The van der Waals surface area contributed by atoms with Gasteiger partial charge in [0, 0.05) is 31.0 Å². The van der Waals surface area contributed by atoms with E-state index in [0.717, 1.165) is 12.3 Å². The second kappa shape index (κ2) is 15.1. The van der Waals surface area contributed by atoms with Crippen LogP contribution in [-0.4, -0.2) is 46.9 Å². The molecule has 0 saturated heterocycles. The van der Waals surface area contributed by atoms with Crippen LogP contribution in [-0.2, 0) is 4.79 Å². The summed E-state index contributed by atoms with van der Waals surface area (Å²) < 4.78 is 0. The third kappa shape index (κ3) is 12.4. The van der Waals surface area contributed by atoms with E-state index in [9.17, 15) is 4.79 Å². The third-order valence-corrected chi connectivity index (χ3v) is 6.36. The average molecular weight is 334 g/mol. The van der Waals surface area contributed by atoms with Gasteiger partial charge in [0.25, 0.3) is 0 Å². The Hall–Kier alpha value is 0.170. The zero-order valence-electron chi connectivity index (χ0n) is 14.5. The van der Waals surface area contributed by atoms with Crippen molar-refractivity contribution in [2.75, 3.05) is 30.9 Å². The summed E-state index contributed by atoms with van der Waals surface area (Å²) in [5.74, 6) is 3.89. The van der Waals surface area contributed by atoms with E-state index in [2.05, 4.69) is 13.8 Å². The predicted molar refractivity (Wildman–Crippen MR) is 101 cm³/mol. The summed E-state index contributed by atoms with van der Waals surface area (Å²) in [6.07, 6.45) is 8.52. The zero-order chi connectivity index (χ0) is 15.9. The molecule has 126 valence electrons. The molecule has 21 heavy (non-hydrogen) atoms. The van der Waals surface area contributed by atoms with E-state index >= 15 is 0 Å². The van der Waals surface area contributed by atoms with Crippen LogP contribution in [0.3, 0.4) is 0 Å². The van der Waals surface area contributed by atoms with Gasteiger partial charge in [0.1, 0.15) is 0 Å². The lowest BCUT2D eigenvalue weighted by Gasteiger charge is -2.20. The van der Waals surface area contributed by atoms with Gasteiger partial charge in [0.05, 0.1) is 0 Å². The monoisotopic (exact) mass is 333 g/mol. The molecule has 0 aliphatic rings. The molecular formula is C17H35NOS2.